The van der Waals surface area contributed by atoms with E-state index in [1.807, 2.05) is 13.8 Å². The number of hydrogen-bond donors (Lipinski definition) is 2. The molecule has 2 N–H and O–H groups in total. The van der Waals surface area contributed by atoms with Crippen molar-refractivity contribution < 1.29 is 19.1 Å². The smallest absolute Gasteiger partial charge is 0.256 e. The van der Waals surface area contributed by atoms with Crippen LogP contribution in [0.1, 0.15) is 43.5 Å². The number of nitrogens with one attached hydrogen (secondary N) is 2. The van der Waals surface area contributed by atoms with Gasteiger partial charge < -0.3 is 25.2 Å². The summed E-state index contributed by atoms with van der Waals surface area (Å²) >= 11 is 0. The number of hydrogen-bond acceptors (Lipinski definition) is 6. The Balaban J connectivity index is 1.43. The van der Waals surface area contributed by atoms with Crippen LogP contribution in [0.3, 0.4) is 0 Å². The summed E-state index contributed by atoms with van der Waals surface area (Å²) in [6, 6.07) is 3.43. The summed E-state index contributed by atoms with van der Waals surface area (Å²) in [5.74, 6) is 0.195. The highest BCUT2D eigenvalue weighted by molar-refractivity contribution is 6.01. The first kappa shape index (κ1) is 19.6. The molecule has 3 aliphatic heterocycles. The molecule has 2 saturated heterocycles. The Morgan fingerprint density at radius 3 is 2.76 bits per heavy atom. The number of ether oxygens (including phenoxy) is 1. The van der Waals surface area contributed by atoms with E-state index in [0.717, 1.165) is 0 Å². The third-order valence-corrected chi connectivity index (χ3v) is 5.79. The minimum absolute atomic E-state index is 0.0139. The Hall–Kier alpha value is -2.68. The molecule has 1 aromatic rings. The normalized spacial score (nSPS) is 29.7. The van der Waals surface area contributed by atoms with Crippen molar-refractivity contribution in [3.05, 3.63) is 23.9 Å². The predicted molar refractivity (Wildman–Crippen MR) is 105 cm³/mol. The van der Waals surface area contributed by atoms with Gasteiger partial charge in [-0.25, -0.2) is 4.98 Å². The fourth-order valence-corrected chi connectivity index (χ4v) is 4.35. The van der Waals surface area contributed by atoms with E-state index in [4.69, 9.17) is 4.74 Å². The molecule has 4 heterocycles. The van der Waals surface area contributed by atoms with E-state index in [2.05, 4.69) is 15.6 Å². The average molecular weight is 401 g/mol. The van der Waals surface area contributed by atoms with Gasteiger partial charge in [0, 0.05) is 38.7 Å². The molecule has 9 heteroatoms. The second-order valence-corrected chi connectivity index (χ2v) is 8.18. The van der Waals surface area contributed by atoms with Gasteiger partial charge >= 0.3 is 0 Å². The van der Waals surface area contributed by atoms with E-state index >= 15 is 0 Å². The van der Waals surface area contributed by atoms with Crippen molar-refractivity contribution in [2.24, 2.45) is 0 Å². The van der Waals surface area contributed by atoms with Crippen LogP contribution in [0.25, 0.3) is 0 Å². The SMILES string of the molecule is CC1CN(C(=O)CN2CCC3(CCC2=O)NC(=O)c2cccnc2N3)CC(C)O1. The Morgan fingerprint density at radius 2 is 2.00 bits per heavy atom. The second kappa shape index (κ2) is 7.62. The quantitative estimate of drug-likeness (QED) is 0.751. The number of carbonyl (C=O) groups excluding carboxylic acids is 3. The van der Waals surface area contributed by atoms with Crippen molar-refractivity contribution in [1.82, 2.24) is 20.1 Å². The van der Waals surface area contributed by atoms with E-state index in [0.29, 0.717) is 43.9 Å². The average Bonchev–Trinajstić information content (AvgIpc) is 2.81. The van der Waals surface area contributed by atoms with Gasteiger partial charge in [0.25, 0.3) is 5.91 Å². The predicted octanol–water partition coefficient (Wildman–Crippen LogP) is 0.582. The fourth-order valence-electron chi connectivity index (χ4n) is 4.35. The van der Waals surface area contributed by atoms with Crippen LogP contribution < -0.4 is 10.6 Å². The van der Waals surface area contributed by atoms with Crippen LogP contribution in [0.15, 0.2) is 18.3 Å². The summed E-state index contributed by atoms with van der Waals surface area (Å²) in [4.78, 5) is 45.6. The zero-order valence-corrected chi connectivity index (χ0v) is 16.8. The van der Waals surface area contributed by atoms with Crippen molar-refractivity contribution in [3.8, 4) is 0 Å². The molecule has 3 aliphatic rings. The summed E-state index contributed by atoms with van der Waals surface area (Å²) in [5, 5.41) is 6.33. The molecule has 0 radical (unpaired) electrons. The number of pyridine rings is 1. The first-order valence-electron chi connectivity index (χ1n) is 10.1. The summed E-state index contributed by atoms with van der Waals surface area (Å²) in [7, 11) is 0. The van der Waals surface area contributed by atoms with Gasteiger partial charge in [-0.3, -0.25) is 14.4 Å². The second-order valence-electron chi connectivity index (χ2n) is 8.18. The van der Waals surface area contributed by atoms with Gasteiger partial charge in [0.1, 0.15) is 11.5 Å². The summed E-state index contributed by atoms with van der Waals surface area (Å²) in [5.41, 5.74) is -0.232. The van der Waals surface area contributed by atoms with Gasteiger partial charge in [0.15, 0.2) is 0 Å². The molecule has 0 saturated carbocycles. The van der Waals surface area contributed by atoms with Crippen LogP contribution in [0.2, 0.25) is 0 Å². The fraction of sp³-hybridized carbons (Fsp3) is 0.600. The van der Waals surface area contributed by atoms with Gasteiger partial charge in [0.05, 0.1) is 24.3 Å². The highest BCUT2D eigenvalue weighted by atomic mass is 16.5. The third-order valence-electron chi connectivity index (χ3n) is 5.79. The molecule has 0 aromatic carbocycles. The van der Waals surface area contributed by atoms with E-state index in [-0.39, 0.29) is 42.9 Å². The van der Waals surface area contributed by atoms with Gasteiger partial charge in [-0.1, -0.05) is 0 Å². The highest BCUT2D eigenvalue weighted by Crippen LogP contribution is 2.30. The van der Waals surface area contributed by atoms with Crippen LogP contribution in [0.4, 0.5) is 5.82 Å². The van der Waals surface area contributed by atoms with E-state index < -0.39 is 5.66 Å². The molecule has 3 atom stereocenters. The molecule has 29 heavy (non-hydrogen) atoms. The third kappa shape index (κ3) is 4.05. The maximum Gasteiger partial charge on any atom is 0.256 e. The largest absolute Gasteiger partial charge is 0.372 e. The van der Waals surface area contributed by atoms with Crippen LogP contribution in [-0.4, -0.2) is 76.6 Å². The van der Waals surface area contributed by atoms with Crippen molar-refractivity contribution in [1.29, 1.82) is 0 Å². The highest BCUT2D eigenvalue weighted by Gasteiger charge is 2.41. The van der Waals surface area contributed by atoms with Gasteiger partial charge in [-0.2, -0.15) is 0 Å². The molecule has 156 valence electrons. The Labute approximate surface area is 169 Å². The zero-order valence-electron chi connectivity index (χ0n) is 16.8. The minimum Gasteiger partial charge on any atom is -0.372 e. The summed E-state index contributed by atoms with van der Waals surface area (Å²) in [6.45, 7) is 5.40. The van der Waals surface area contributed by atoms with Gasteiger partial charge in [-0.15, -0.1) is 0 Å². The lowest BCUT2D eigenvalue weighted by Crippen LogP contribution is -2.58. The zero-order chi connectivity index (χ0) is 20.6. The molecule has 4 rings (SSSR count). The van der Waals surface area contributed by atoms with Crippen LogP contribution in [-0.2, 0) is 14.3 Å². The van der Waals surface area contributed by atoms with Crippen molar-refractivity contribution in [2.45, 2.75) is 51.0 Å². The Morgan fingerprint density at radius 1 is 1.24 bits per heavy atom. The maximum atomic E-state index is 12.8. The monoisotopic (exact) mass is 401 g/mol. The number of carbonyl (C=O) groups is 3. The molecule has 3 amide bonds. The van der Waals surface area contributed by atoms with Crippen LogP contribution >= 0.6 is 0 Å². The molecule has 2 fully saturated rings. The lowest BCUT2D eigenvalue weighted by Gasteiger charge is -2.39. The van der Waals surface area contributed by atoms with Crippen molar-refractivity contribution >= 4 is 23.5 Å². The minimum atomic E-state index is -0.728. The first-order chi connectivity index (χ1) is 13.8. The number of aromatic nitrogens is 1. The van der Waals surface area contributed by atoms with Crippen molar-refractivity contribution in [2.75, 3.05) is 31.5 Å². The standard InChI is InChI=1S/C20H27N5O4/c1-13-10-25(11-14(2)29-13)17(27)12-24-9-7-20(6-5-16(24)26)22-18-15(19(28)23-20)4-3-8-21-18/h3-4,8,13-14H,5-7,9-12H2,1-2H3,(H,21,22)(H,23,28). The summed E-state index contributed by atoms with van der Waals surface area (Å²) in [6.07, 6.45) is 2.81. The Bertz CT molecular complexity index is 821. The van der Waals surface area contributed by atoms with Crippen LogP contribution in [0.5, 0.6) is 0 Å². The number of likely N-dealkylation sites (tertiary alicyclic amines) is 1. The molecular formula is C20H27N5O4. The number of rotatable bonds is 2. The number of morpholine rings is 1. The maximum absolute atomic E-state index is 12.8. The molecule has 0 bridgehead atoms. The van der Waals surface area contributed by atoms with Crippen LogP contribution in [0, 0.1) is 0 Å². The molecular weight excluding hydrogens is 374 g/mol. The molecule has 0 aliphatic carbocycles. The molecule has 3 unspecified atom stereocenters. The number of fused-ring (bicyclic) bond motifs is 1. The van der Waals surface area contributed by atoms with E-state index in [1.54, 1.807) is 28.1 Å². The molecule has 1 aromatic heterocycles. The Kier molecular flexibility index (Phi) is 5.16. The first-order valence-corrected chi connectivity index (χ1v) is 10.1. The summed E-state index contributed by atoms with van der Waals surface area (Å²) < 4.78 is 5.68. The van der Waals surface area contributed by atoms with Crippen molar-refractivity contribution in [3.63, 3.8) is 0 Å². The lowest BCUT2D eigenvalue weighted by atomic mass is 9.97. The number of nitrogens with zero attached hydrogens (tertiary/aromatic N) is 3. The van der Waals surface area contributed by atoms with Gasteiger partial charge in [0.2, 0.25) is 11.8 Å². The number of amides is 3. The van der Waals surface area contributed by atoms with E-state index in [9.17, 15) is 14.4 Å². The number of anilines is 1. The lowest BCUT2D eigenvalue weighted by molar-refractivity contribution is -0.148. The molecule has 1 spiro atoms. The van der Waals surface area contributed by atoms with E-state index in [1.165, 1.54) is 0 Å². The topological polar surface area (TPSA) is 104 Å². The van der Waals surface area contributed by atoms with Gasteiger partial charge in [-0.05, 0) is 32.4 Å². The molecule has 9 nitrogen and oxygen atoms in total.